The lowest BCUT2D eigenvalue weighted by Gasteiger charge is -2.32. The molecular formula is C20H27NO4S. The number of carbonyl (C=O) groups is 2. The maximum atomic E-state index is 11.6. The molecule has 1 aromatic rings. The molecule has 1 heterocycles. The third-order valence-corrected chi connectivity index (χ3v) is 5.62. The van der Waals surface area contributed by atoms with Crippen LogP contribution in [-0.4, -0.2) is 52.3 Å². The number of hydrogen-bond donors (Lipinski definition) is 2. The molecule has 2 rings (SSSR count). The number of nitrogens with zero attached hydrogens (tertiary/aromatic N) is 1. The Labute approximate surface area is 159 Å². The standard InChI is InChI=1S/C20H27NO4S/c1-12(2)15-7-14(8-16(13(3)4)20(15)25)9-18-17(11-22)21(5-6-26-18)10-19(23)24/h7-9,11-13,17,25H,5-6,10H2,1-4H3,(H,23,24). The van der Waals surface area contributed by atoms with E-state index < -0.39 is 12.0 Å². The number of thioether (sulfide) groups is 1. The van der Waals surface area contributed by atoms with Crippen molar-refractivity contribution in [1.29, 1.82) is 0 Å². The second kappa shape index (κ2) is 8.73. The van der Waals surface area contributed by atoms with Gasteiger partial charge in [0.05, 0.1) is 12.6 Å². The van der Waals surface area contributed by atoms with Gasteiger partial charge in [-0.05, 0) is 46.7 Å². The zero-order valence-electron chi connectivity index (χ0n) is 15.7. The first-order chi connectivity index (χ1) is 12.2. The predicted octanol–water partition coefficient (Wildman–Crippen LogP) is 3.68. The van der Waals surface area contributed by atoms with E-state index in [0.717, 1.165) is 33.6 Å². The first-order valence-electron chi connectivity index (χ1n) is 8.86. The maximum Gasteiger partial charge on any atom is 0.317 e. The Bertz CT molecular complexity index is 683. The van der Waals surface area contributed by atoms with Gasteiger partial charge in [-0.25, -0.2) is 0 Å². The molecule has 2 N–H and O–H groups in total. The van der Waals surface area contributed by atoms with Gasteiger partial charge in [-0.2, -0.15) is 0 Å². The van der Waals surface area contributed by atoms with Crippen molar-refractivity contribution in [2.45, 2.75) is 45.6 Å². The fraction of sp³-hybridized carbons (Fsp3) is 0.500. The van der Waals surface area contributed by atoms with Crippen LogP contribution in [0.15, 0.2) is 17.0 Å². The van der Waals surface area contributed by atoms with E-state index in [2.05, 4.69) is 0 Å². The number of aldehydes is 1. The number of carboxylic acids is 1. The lowest BCUT2D eigenvalue weighted by atomic mass is 9.91. The Balaban J connectivity index is 2.46. The van der Waals surface area contributed by atoms with Crippen molar-refractivity contribution in [2.75, 3.05) is 18.8 Å². The predicted molar refractivity (Wildman–Crippen MR) is 106 cm³/mol. The van der Waals surface area contributed by atoms with E-state index in [4.69, 9.17) is 5.11 Å². The molecule has 0 aromatic heterocycles. The lowest BCUT2D eigenvalue weighted by molar-refractivity contribution is -0.138. The lowest BCUT2D eigenvalue weighted by Crippen LogP contribution is -2.44. The Morgan fingerprint density at radius 1 is 1.27 bits per heavy atom. The molecule has 0 radical (unpaired) electrons. The van der Waals surface area contributed by atoms with Gasteiger partial charge in [-0.15, -0.1) is 11.8 Å². The van der Waals surface area contributed by atoms with E-state index in [1.165, 1.54) is 0 Å². The number of rotatable bonds is 6. The molecule has 1 unspecified atom stereocenters. The van der Waals surface area contributed by atoms with Crippen LogP contribution in [-0.2, 0) is 9.59 Å². The van der Waals surface area contributed by atoms with Crippen LogP contribution in [0.1, 0.15) is 56.2 Å². The van der Waals surface area contributed by atoms with E-state index in [9.17, 15) is 14.7 Å². The van der Waals surface area contributed by atoms with Crippen molar-refractivity contribution in [2.24, 2.45) is 0 Å². The molecule has 0 spiro atoms. The molecule has 142 valence electrons. The number of phenols is 1. The normalized spacial score (nSPS) is 20.1. The average molecular weight is 378 g/mol. The molecule has 1 aromatic carbocycles. The van der Waals surface area contributed by atoms with E-state index in [0.29, 0.717) is 12.3 Å². The van der Waals surface area contributed by atoms with E-state index in [1.54, 1.807) is 16.7 Å². The first-order valence-corrected chi connectivity index (χ1v) is 9.85. The van der Waals surface area contributed by atoms with Crippen LogP contribution >= 0.6 is 11.8 Å². The Kier molecular flexibility index (Phi) is 6.89. The summed E-state index contributed by atoms with van der Waals surface area (Å²) < 4.78 is 0. The van der Waals surface area contributed by atoms with E-state index in [-0.39, 0.29) is 18.4 Å². The van der Waals surface area contributed by atoms with Crippen LogP contribution in [0.5, 0.6) is 5.75 Å². The van der Waals surface area contributed by atoms with Crippen molar-refractivity contribution in [3.8, 4) is 5.75 Å². The summed E-state index contributed by atoms with van der Waals surface area (Å²) in [6, 6.07) is 3.37. The molecule has 5 nitrogen and oxygen atoms in total. The van der Waals surface area contributed by atoms with Crippen molar-refractivity contribution in [3.63, 3.8) is 0 Å². The number of carboxylic acid groups (broad SMARTS) is 1. The quantitative estimate of drug-likeness (QED) is 0.737. The summed E-state index contributed by atoms with van der Waals surface area (Å²) in [6.07, 6.45) is 2.77. The molecule has 0 saturated carbocycles. The smallest absolute Gasteiger partial charge is 0.317 e. The van der Waals surface area contributed by atoms with Crippen LogP contribution < -0.4 is 0 Å². The monoisotopic (exact) mass is 377 g/mol. The zero-order valence-corrected chi connectivity index (χ0v) is 16.5. The van der Waals surface area contributed by atoms with Crippen molar-refractivity contribution < 1.29 is 19.8 Å². The molecule has 1 saturated heterocycles. The van der Waals surface area contributed by atoms with Crippen LogP contribution in [0.3, 0.4) is 0 Å². The van der Waals surface area contributed by atoms with Crippen molar-refractivity contribution in [3.05, 3.63) is 33.7 Å². The molecule has 0 aliphatic carbocycles. The second-order valence-corrected chi connectivity index (χ2v) is 8.37. The number of benzene rings is 1. The number of aliphatic carboxylic acids is 1. The van der Waals surface area contributed by atoms with Gasteiger partial charge in [-0.1, -0.05) is 27.7 Å². The summed E-state index contributed by atoms with van der Waals surface area (Å²) in [4.78, 5) is 25.2. The number of carbonyl (C=O) groups excluding carboxylic acids is 1. The fourth-order valence-electron chi connectivity index (χ4n) is 3.15. The van der Waals surface area contributed by atoms with Gasteiger partial charge in [0.15, 0.2) is 0 Å². The maximum absolute atomic E-state index is 11.6. The Morgan fingerprint density at radius 2 is 1.85 bits per heavy atom. The number of hydrogen-bond acceptors (Lipinski definition) is 5. The summed E-state index contributed by atoms with van der Waals surface area (Å²) in [5.41, 5.74) is 2.70. The van der Waals surface area contributed by atoms with Crippen molar-refractivity contribution >= 4 is 30.1 Å². The van der Waals surface area contributed by atoms with Crippen LogP contribution in [0.2, 0.25) is 0 Å². The van der Waals surface area contributed by atoms with Gasteiger partial charge < -0.3 is 15.0 Å². The highest BCUT2D eigenvalue weighted by atomic mass is 32.2. The third-order valence-electron chi connectivity index (χ3n) is 4.54. The molecule has 1 aliphatic rings. The first kappa shape index (κ1) is 20.5. The Hall–Kier alpha value is -1.79. The van der Waals surface area contributed by atoms with Gasteiger partial charge in [0.25, 0.3) is 0 Å². The van der Waals surface area contributed by atoms with Crippen LogP contribution in [0.25, 0.3) is 6.08 Å². The minimum Gasteiger partial charge on any atom is -0.507 e. The molecule has 1 atom stereocenters. The molecule has 1 fully saturated rings. The highest BCUT2D eigenvalue weighted by Gasteiger charge is 2.28. The topological polar surface area (TPSA) is 77.8 Å². The molecule has 0 amide bonds. The summed E-state index contributed by atoms with van der Waals surface area (Å²) >= 11 is 1.59. The van der Waals surface area contributed by atoms with Gasteiger partial charge >= 0.3 is 5.97 Å². The minimum atomic E-state index is -0.933. The SMILES string of the molecule is CC(C)c1cc(C=C2SCCN(CC(=O)O)C2C=O)cc(C(C)C)c1O. The van der Waals surface area contributed by atoms with E-state index >= 15 is 0 Å². The summed E-state index contributed by atoms with van der Waals surface area (Å²) in [5, 5.41) is 19.6. The molecule has 6 heteroatoms. The number of aromatic hydroxyl groups is 1. The molecule has 0 bridgehead atoms. The third kappa shape index (κ3) is 4.68. The largest absolute Gasteiger partial charge is 0.507 e. The number of phenolic OH excluding ortho intramolecular Hbond substituents is 1. The van der Waals surface area contributed by atoms with Gasteiger partial charge in [0, 0.05) is 17.2 Å². The average Bonchev–Trinajstić information content (AvgIpc) is 2.55. The molecule has 26 heavy (non-hydrogen) atoms. The van der Waals surface area contributed by atoms with Crippen LogP contribution in [0, 0.1) is 0 Å². The highest BCUT2D eigenvalue weighted by Crippen LogP contribution is 2.37. The van der Waals surface area contributed by atoms with Gasteiger partial charge in [0.1, 0.15) is 12.0 Å². The summed E-state index contributed by atoms with van der Waals surface area (Å²) in [5.74, 6) is 0.505. The molecular weight excluding hydrogens is 350 g/mol. The second-order valence-electron chi connectivity index (χ2n) is 7.20. The minimum absolute atomic E-state index is 0.147. The van der Waals surface area contributed by atoms with E-state index in [1.807, 2.05) is 45.9 Å². The van der Waals surface area contributed by atoms with Gasteiger partial charge in [0.2, 0.25) is 0 Å². The summed E-state index contributed by atoms with van der Waals surface area (Å²) in [6.45, 7) is 8.57. The highest BCUT2D eigenvalue weighted by molar-refractivity contribution is 8.03. The van der Waals surface area contributed by atoms with Gasteiger partial charge in [-0.3, -0.25) is 9.69 Å². The fourth-order valence-corrected chi connectivity index (χ4v) is 4.30. The Morgan fingerprint density at radius 3 is 2.31 bits per heavy atom. The summed E-state index contributed by atoms with van der Waals surface area (Å²) in [7, 11) is 0. The zero-order chi connectivity index (χ0) is 19.4. The molecule has 1 aliphatic heterocycles. The van der Waals surface area contributed by atoms with Crippen molar-refractivity contribution in [1.82, 2.24) is 4.90 Å². The van der Waals surface area contributed by atoms with Crippen LogP contribution in [0.4, 0.5) is 0 Å².